The maximum Gasteiger partial charge on any atom is 0.291 e. The predicted octanol–water partition coefficient (Wildman–Crippen LogP) is 2.10. The molecule has 0 aliphatic rings. The average molecular weight is 301 g/mol. The Bertz CT molecular complexity index is 572. The zero-order valence-corrected chi connectivity index (χ0v) is 12.4. The Morgan fingerprint density at radius 2 is 2.00 bits per heavy atom. The molecule has 0 radical (unpaired) electrons. The van der Waals surface area contributed by atoms with E-state index in [0.717, 1.165) is 12.8 Å². The summed E-state index contributed by atoms with van der Waals surface area (Å²) in [7, 11) is -2.25. The van der Waals surface area contributed by atoms with Gasteiger partial charge in [0, 0.05) is 25.3 Å². The van der Waals surface area contributed by atoms with Crippen molar-refractivity contribution in [2.45, 2.75) is 31.1 Å². The average Bonchev–Trinajstić information content (AvgIpc) is 2.42. The molecule has 0 saturated heterocycles. The van der Waals surface area contributed by atoms with Gasteiger partial charge in [0.25, 0.3) is 5.69 Å². The van der Waals surface area contributed by atoms with E-state index in [2.05, 4.69) is 10.0 Å². The van der Waals surface area contributed by atoms with Gasteiger partial charge in [-0.25, -0.2) is 13.1 Å². The molecule has 1 aromatic rings. The highest BCUT2D eigenvalue weighted by Crippen LogP contribution is 2.26. The van der Waals surface area contributed by atoms with Gasteiger partial charge in [-0.15, -0.1) is 0 Å². The zero-order chi connectivity index (χ0) is 15.2. The van der Waals surface area contributed by atoms with Gasteiger partial charge in [0.2, 0.25) is 10.0 Å². The van der Waals surface area contributed by atoms with Crippen LogP contribution in [0.1, 0.15) is 26.2 Å². The molecule has 112 valence electrons. The van der Waals surface area contributed by atoms with Crippen molar-refractivity contribution in [1.29, 1.82) is 0 Å². The van der Waals surface area contributed by atoms with Crippen LogP contribution in [0.15, 0.2) is 23.1 Å². The van der Waals surface area contributed by atoms with Crippen LogP contribution in [0, 0.1) is 10.1 Å². The van der Waals surface area contributed by atoms with E-state index in [9.17, 15) is 18.5 Å². The number of rotatable bonds is 8. The van der Waals surface area contributed by atoms with Crippen LogP contribution >= 0.6 is 0 Å². The third kappa shape index (κ3) is 4.17. The first-order valence-electron chi connectivity index (χ1n) is 6.38. The fraction of sp³-hybridized carbons (Fsp3) is 0.500. The number of hydrogen-bond donors (Lipinski definition) is 2. The van der Waals surface area contributed by atoms with Crippen molar-refractivity contribution >= 4 is 21.4 Å². The molecule has 2 N–H and O–H groups in total. The van der Waals surface area contributed by atoms with Gasteiger partial charge in [-0.05, 0) is 18.6 Å². The predicted molar refractivity (Wildman–Crippen MR) is 77.4 cm³/mol. The van der Waals surface area contributed by atoms with Crippen LogP contribution in [0.2, 0.25) is 0 Å². The first kappa shape index (κ1) is 16.4. The Morgan fingerprint density at radius 3 is 2.55 bits per heavy atom. The van der Waals surface area contributed by atoms with Gasteiger partial charge in [0.1, 0.15) is 0 Å². The number of anilines is 1. The van der Waals surface area contributed by atoms with Gasteiger partial charge in [0.05, 0.1) is 4.92 Å². The van der Waals surface area contributed by atoms with Gasteiger partial charge in [-0.1, -0.05) is 19.8 Å². The molecule has 1 aromatic carbocycles. The summed E-state index contributed by atoms with van der Waals surface area (Å²) in [4.78, 5) is 10.00. The lowest BCUT2D eigenvalue weighted by Gasteiger charge is -2.08. The Balaban J connectivity index is 3.02. The number of hydrogen-bond acceptors (Lipinski definition) is 5. The van der Waals surface area contributed by atoms with E-state index in [4.69, 9.17) is 0 Å². The first-order chi connectivity index (χ1) is 9.42. The Labute approximate surface area is 118 Å². The highest BCUT2D eigenvalue weighted by molar-refractivity contribution is 7.89. The summed E-state index contributed by atoms with van der Waals surface area (Å²) in [6, 6.07) is 3.94. The van der Waals surface area contributed by atoms with Crippen LogP contribution in [0.5, 0.6) is 0 Å². The lowest BCUT2D eigenvalue weighted by Crippen LogP contribution is -2.25. The van der Waals surface area contributed by atoms with E-state index < -0.39 is 20.6 Å². The fourth-order valence-electron chi connectivity index (χ4n) is 1.70. The lowest BCUT2D eigenvalue weighted by molar-refractivity contribution is -0.387. The van der Waals surface area contributed by atoms with Gasteiger partial charge in [-0.3, -0.25) is 10.1 Å². The fourth-order valence-corrected chi connectivity index (χ4v) is 2.93. The minimum atomic E-state index is -3.86. The monoisotopic (exact) mass is 301 g/mol. The molecule has 0 bridgehead atoms. The number of benzene rings is 1. The second-order valence-electron chi connectivity index (χ2n) is 4.29. The van der Waals surface area contributed by atoms with Crippen LogP contribution in [0.25, 0.3) is 0 Å². The number of nitro benzene ring substituents is 1. The van der Waals surface area contributed by atoms with Crippen molar-refractivity contribution in [2.75, 3.05) is 18.9 Å². The van der Waals surface area contributed by atoms with Crippen molar-refractivity contribution in [3.63, 3.8) is 0 Å². The molecular formula is C12H19N3O4S. The molecule has 0 aliphatic carbocycles. The summed E-state index contributed by atoms with van der Waals surface area (Å²) >= 11 is 0. The van der Waals surface area contributed by atoms with E-state index in [1.165, 1.54) is 18.2 Å². The van der Waals surface area contributed by atoms with E-state index in [1.807, 2.05) is 6.92 Å². The lowest BCUT2D eigenvalue weighted by atomic mass is 10.3. The second kappa shape index (κ2) is 7.20. The number of nitro groups is 1. The molecule has 1 rings (SSSR count). The van der Waals surface area contributed by atoms with Crippen molar-refractivity contribution in [1.82, 2.24) is 4.72 Å². The summed E-state index contributed by atoms with van der Waals surface area (Å²) in [5.74, 6) is 0. The van der Waals surface area contributed by atoms with Gasteiger partial charge in [-0.2, -0.15) is 0 Å². The van der Waals surface area contributed by atoms with Gasteiger partial charge < -0.3 is 5.32 Å². The minimum Gasteiger partial charge on any atom is -0.388 e. The van der Waals surface area contributed by atoms with Crippen molar-refractivity contribution in [3.05, 3.63) is 28.3 Å². The standard InChI is InChI=1S/C12H19N3O4S/c1-3-4-5-8-14-20(18,19)12-7-6-10(13-2)9-11(12)15(16)17/h6-7,9,13-14H,3-5,8H2,1-2H3. The SMILES string of the molecule is CCCCCNS(=O)(=O)c1ccc(NC)cc1[N+](=O)[O-]. The number of unbranched alkanes of at least 4 members (excludes halogenated alkanes) is 2. The van der Waals surface area contributed by atoms with E-state index >= 15 is 0 Å². The molecule has 0 atom stereocenters. The van der Waals surface area contributed by atoms with Gasteiger partial charge in [0.15, 0.2) is 4.90 Å². The van der Waals surface area contributed by atoms with Crippen molar-refractivity contribution in [2.24, 2.45) is 0 Å². The summed E-state index contributed by atoms with van der Waals surface area (Å²) in [5, 5.41) is 13.7. The normalized spacial score (nSPS) is 11.3. The highest BCUT2D eigenvalue weighted by atomic mass is 32.2. The Morgan fingerprint density at radius 1 is 1.30 bits per heavy atom. The quantitative estimate of drug-likeness (QED) is 0.435. The largest absolute Gasteiger partial charge is 0.388 e. The van der Waals surface area contributed by atoms with Crippen molar-refractivity contribution < 1.29 is 13.3 Å². The Kier molecular flexibility index (Phi) is 5.90. The molecule has 0 fully saturated rings. The molecule has 0 aliphatic heterocycles. The summed E-state index contributed by atoms with van der Waals surface area (Å²) < 4.78 is 26.6. The molecule has 0 unspecified atom stereocenters. The van der Waals surface area contributed by atoms with E-state index in [0.29, 0.717) is 12.1 Å². The van der Waals surface area contributed by atoms with Crippen LogP contribution in [0.3, 0.4) is 0 Å². The van der Waals surface area contributed by atoms with E-state index in [-0.39, 0.29) is 11.4 Å². The molecule has 0 spiro atoms. The topological polar surface area (TPSA) is 101 Å². The Hall–Kier alpha value is -1.67. The molecular weight excluding hydrogens is 282 g/mol. The first-order valence-corrected chi connectivity index (χ1v) is 7.86. The third-order valence-electron chi connectivity index (χ3n) is 2.81. The maximum atomic E-state index is 12.1. The molecule has 0 amide bonds. The minimum absolute atomic E-state index is 0.279. The zero-order valence-electron chi connectivity index (χ0n) is 11.5. The molecule has 20 heavy (non-hydrogen) atoms. The van der Waals surface area contributed by atoms with Crippen LogP contribution in [-0.2, 0) is 10.0 Å². The summed E-state index contributed by atoms with van der Waals surface area (Å²) in [5.41, 5.74) is 0.0569. The van der Waals surface area contributed by atoms with E-state index in [1.54, 1.807) is 7.05 Å². The summed E-state index contributed by atoms with van der Waals surface area (Å²) in [6.07, 6.45) is 2.58. The molecule has 7 nitrogen and oxygen atoms in total. The van der Waals surface area contributed by atoms with Crippen LogP contribution < -0.4 is 10.0 Å². The smallest absolute Gasteiger partial charge is 0.291 e. The van der Waals surface area contributed by atoms with Crippen LogP contribution in [-0.4, -0.2) is 26.9 Å². The molecule has 0 aromatic heterocycles. The van der Waals surface area contributed by atoms with Gasteiger partial charge >= 0.3 is 0 Å². The second-order valence-corrected chi connectivity index (χ2v) is 6.03. The van der Waals surface area contributed by atoms with Crippen LogP contribution in [0.4, 0.5) is 11.4 Å². The number of nitrogens with zero attached hydrogens (tertiary/aromatic N) is 1. The summed E-state index contributed by atoms with van der Waals surface area (Å²) in [6.45, 7) is 2.29. The highest BCUT2D eigenvalue weighted by Gasteiger charge is 2.25. The third-order valence-corrected chi connectivity index (χ3v) is 4.31. The number of sulfonamides is 1. The molecule has 0 saturated carbocycles. The van der Waals surface area contributed by atoms with Crippen molar-refractivity contribution in [3.8, 4) is 0 Å². The number of nitrogens with one attached hydrogen (secondary N) is 2. The molecule has 0 heterocycles. The molecule has 8 heteroatoms. The maximum absolute atomic E-state index is 12.1.